The minimum atomic E-state index is -0.979. The molecule has 7 heteroatoms. The summed E-state index contributed by atoms with van der Waals surface area (Å²) in [5.41, 5.74) is 0.440. The van der Waals surface area contributed by atoms with Gasteiger partial charge in [-0.15, -0.1) is 0 Å². The van der Waals surface area contributed by atoms with E-state index in [9.17, 15) is 4.79 Å². The molecule has 1 N–H and O–H groups in total. The molecular formula is C8H7ClN4O2. The zero-order valence-corrected chi connectivity index (χ0v) is 8.56. The Hall–Kier alpha value is -1.69. The quantitative estimate of drug-likeness (QED) is 0.769. The Morgan fingerprint density at radius 3 is 3.00 bits per heavy atom. The Kier molecular flexibility index (Phi) is 2.28. The van der Waals surface area contributed by atoms with E-state index in [0.29, 0.717) is 16.9 Å². The third-order valence-corrected chi connectivity index (χ3v) is 2.13. The van der Waals surface area contributed by atoms with Crippen molar-refractivity contribution >= 4 is 28.6 Å². The second-order valence-electron chi connectivity index (χ2n) is 2.99. The summed E-state index contributed by atoms with van der Waals surface area (Å²) in [5, 5.41) is 13.4. The molecule has 2 aromatic rings. The van der Waals surface area contributed by atoms with Gasteiger partial charge in [0.1, 0.15) is 17.5 Å². The Labute approximate surface area is 89.5 Å². The molecule has 78 valence electrons. The predicted molar refractivity (Wildman–Crippen MR) is 52.7 cm³/mol. The SMILES string of the molecule is Cc1nc(Cl)c2cnn(CC(=O)O)c2n1. The van der Waals surface area contributed by atoms with Gasteiger partial charge in [0.25, 0.3) is 0 Å². The topological polar surface area (TPSA) is 80.9 Å². The minimum Gasteiger partial charge on any atom is -0.480 e. The molecule has 0 saturated carbocycles. The van der Waals surface area contributed by atoms with Gasteiger partial charge < -0.3 is 5.11 Å². The van der Waals surface area contributed by atoms with E-state index in [2.05, 4.69) is 15.1 Å². The molecule has 0 spiro atoms. The molecule has 0 radical (unpaired) electrons. The number of hydrogen-bond acceptors (Lipinski definition) is 4. The summed E-state index contributed by atoms with van der Waals surface area (Å²) in [6.45, 7) is 1.44. The number of aryl methyl sites for hydroxylation is 1. The van der Waals surface area contributed by atoms with Crippen molar-refractivity contribution < 1.29 is 9.90 Å². The highest BCUT2D eigenvalue weighted by molar-refractivity contribution is 6.33. The first-order valence-corrected chi connectivity index (χ1v) is 4.53. The van der Waals surface area contributed by atoms with Crippen molar-refractivity contribution in [3.63, 3.8) is 0 Å². The van der Waals surface area contributed by atoms with Crippen molar-refractivity contribution in [3.05, 3.63) is 17.2 Å². The van der Waals surface area contributed by atoms with Gasteiger partial charge in [0.2, 0.25) is 0 Å². The molecule has 0 fully saturated rings. The minimum absolute atomic E-state index is 0.240. The van der Waals surface area contributed by atoms with Crippen molar-refractivity contribution in [1.29, 1.82) is 0 Å². The lowest BCUT2D eigenvalue weighted by atomic mass is 10.4. The second-order valence-corrected chi connectivity index (χ2v) is 3.35. The van der Waals surface area contributed by atoms with E-state index in [1.165, 1.54) is 10.9 Å². The molecule has 0 aliphatic carbocycles. The molecule has 0 aliphatic heterocycles. The highest BCUT2D eigenvalue weighted by atomic mass is 35.5. The highest BCUT2D eigenvalue weighted by Gasteiger charge is 2.11. The molecule has 2 heterocycles. The summed E-state index contributed by atoms with van der Waals surface area (Å²) >= 11 is 5.86. The summed E-state index contributed by atoms with van der Waals surface area (Å²) in [4.78, 5) is 18.6. The summed E-state index contributed by atoms with van der Waals surface area (Å²) in [6.07, 6.45) is 1.46. The van der Waals surface area contributed by atoms with Crippen LogP contribution in [0.15, 0.2) is 6.20 Å². The average molecular weight is 227 g/mol. The molecule has 0 unspecified atom stereocenters. The number of rotatable bonds is 2. The van der Waals surface area contributed by atoms with Gasteiger partial charge in [0, 0.05) is 0 Å². The normalized spacial score (nSPS) is 10.8. The van der Waals surface area contributed by atoms with E-state index < -0.39 is 5.97 Å². The third-order valence-electron chi connectivity index (χ3n) is 1.85. The fraction of sp³-hybridized carbons (Fsp3) is 0.250. The zero-order chi connectivity index (χ0) is 11.0. The third kappa shape index (κ3) is 1.75. The van der Waals surface area contributed by atoms with Gasteiger partial charge in [0.05, 0.1) is 11.6 Å². The van der Waals surface area contributed by atoms with Crippen LogP contribution in [0.5, 0.6) is 0 Å². The zero-order valence-electron chi connectivity index (χ0n) is 7.81. The van der Waals surface area contributed by atoms with Crippen LogP contribution < -0.4 is 0 Å². The molecule has 0 amide bonds. The Morgan fingerprint density at radius 1 is 1.60 bits per heavy atom. The number of aliphatic carboxylic acids is 1. The molecule has 0 bridgehead atoms. The van der Waals surface area contributed by atoms with Crippen LogP contribution in [0.2, 0.25) is 5.15 Å². The molecule has 6 nitrogen and oxygen atoms in total. The van der Waals surface area contributed by atoms with Crippen molar-refractivity contribution in [2.45, 2.75) is 13.5 Å². The molecular weight excluding hydrogens is 220 g/mol. The lowest BCUT2D eigenvalue weighted by molar-refractivity contribution is -0.137. The maximum atomic E-state index is 10.5. The van der Waals surface area contributed by atoms with Gasteiger partial charge in [-0.1, -0.05) is 11.6 Å². The van der Waals surface area contributed by atoms with E-state index in [-0.39, 0.29) is 11.7 Å². The van der Waals surface area contributed by atoms with E-state index in [4.69, 9.17) is 16.7 Å². The number of carboxylic acid groups (broad SMARTS) is 1. The molecule has 0 saturated heterocycles. The Bertz CT molecular complexity index is 537. The van der Waals surface area contributed by atoms with Crippen LogP contribution in [0.3, 0.4) is 0 Å². The lowest BCUT2D eigenvalue weighted by Gasteiger charge is -1.99. The number of hydrogen-bond donors (Lipinski definition) is 1. The predicted octanol–water partition coefficient (Wildman–Crippen LogP) is 0.873. The van der Waals surface area contributed by atoms with E-state index in [1.54, 1.807) is 6.92 Å². The van der Waals surface area contributed by atoms with Gasteiger partial charge in [-0.25, -0.2) is 14.6 Å². The highest BCUT2D eigenvalue weighted by Crippen LogP contribution is 2.19. The maximum absolute atomic E-state index is 10.5. The second kappa shape index (κ2) is 3.47. The number of halogens is 1. The number of aromatic nitrogens is 4. The first kappa shape index (κ1) is 9.85. The van der Waals surface area contributed by atoms with Gasteiger partial charge in [0.15, 0.2) is 5.65 Å². The summed E-state index contributed by atoms with van der Waals surface area (Å²) < 4.78 is 1.28. The van der Waals surface area contributed by atoms with Crippen molar-refractivity contribution in [3.8, 4) is 0 Å². The van der Waals surface area contributed by atoms with Crippen molar-refractivity contribution in [2.24, 2.45) is 0 Å². The summed E-state index contributed by atoms with van der Waals surface area (Å²) in [5.74, 6) is -0.493. The molecule has 0 aromatic carbocycles. The van der Waals surface area contributed by atoms with Crippen LogP contribution in [0.1, 0.15) is 5.82 Å². The summed E-state index contributed by atoms with van der Waals surface area (Å²) in [7, 11) is 0. The van der Waals surface area contributed by atoms with Gasteiger partial charge in [-0.05, 0) is 6.92 Å². The smallest absolute Gasteiger partial charge is 0.325 e. The number of carbonyl (C=O) groups is 1. The van der Waals surface area contributed by atoms with Crippen LogP contribution >= 0.6 is 11.6 Å². The average Bonchev–Trinajstić information content (AvgIpc) is 2.48. The fourth-order valence-corrected chi connectivity index (χ4v) is 1.52. The van der Waals surface area contributed by atoms with E-state index >= 15 is 0 Å². The van der Waals surface area contributed by atoms with Crippen molar-refractivity contribution in [1.82, 2.24) is 19.7 Å². The van der Waals surface area contributed by atoms with Gasteiger partial charge in [-0.2, -0.15) is 5.10 Å². The molecule has 2 rings (SSSR count). The van der Waals surface area contributed by atoms with Crippen LogP contribution in [-0.2, 0) is 11.3 Å². The number of carboxylic acids is 1. The first-order valence-electron chi connectivity index (χ1n) is 4.15. The number of fused-ring (bicyclic) bond motifs is 1. The van der Waals surface area contributed by atoms with Crippen LogP contribution in [0, 0.1) is 6.92 Å². The Morgan fingerprint density at radius 2 is 2.33 bits per heavy atom. The molecule has 2 aromatic heterocycles. The lowest BCUT2D eigenvalue weighted by Crippen LogP contribution is -2.10. The molecule has 0 atom stereocenters. The molecule has 0 aliphatic rings. The van der Waals surface area contributed by atoms with E-state index in [1.807, 2.05) is 0 Å². The standard InChI is InChI=1S/C8H7ClN4O2/c1-4-11-7(9)5-2-10-13(3-6(14)15)8(5)12-4/h2H,3H2,1H3,(H,14,15). The van der Waals surface area contributed by atoms with Gasteiger partial charge >= 0.3 is 5.97 Å². The first-order chi connectivity index (χ1) is 7.08. The summed E-state index contributed by atoms with van der Waals surface area (Å²) in [6, 6.07) is 0. The van der Waals surface area contributed by atoms with Crippen molar-refractivity contribution in [2.75, 3.05) is 0 Å². The monoisotopic (exact) mass is 226 g/mol. The van der Waals surface area contributed by atoms with Crippen LogP contribution in [-0.4, -0.2) is 30.8 Å². The maximum Gasteiger partial charge on any atom is 0.325 e. The molecule has 15 heavy (non-hydrogen) atoms. The van der Waals surface area contributed by atoms with Crippen LogP contribution in [0.4, 0.5) is 0 Å². The van der Waals surface area contributed by atoms with Gasteiger partial charge in [-0.3, -0.25) is 4.79 Å². The fourth-order valence-electron chi connectivity index (χ4n) is 1.27. The van der Waals surface area contributed by atoms with Crippen LogP contribution in [0.25, 0.3) is 11.0 Å². The largest absolute Gasteiger partial charge is 0.480 e. The Balaban J connectivity index is 2.63. The number of nitrogens with zero attached hydrogens (tertiary/aromatic N) is 4. The van der Waals surface area contributed by atoms with E-state index in [0.717, 1.165) is 0 Å².